The highest BCUT2D eigenvalue weighted by Gasteiger charge is 2.45. The molecule has 2 aliphatic rings. The average Bonchev–Trinajstić information content (AvgIpc) is 3.86. The molecule has 0 bridgehead atoms. The van der Waals surface area contributed by atoms with E-state index in [1.54, 1.807) is 0 Å². The number of aryl methyl sites for hydroxylation is 1. The minimum Gasteiger partial charge on any atom is -0.458 e. The first-order chi connectivity index (χ1) is 31.2. The molecule has 5 heterocycles. The summed E-state index contributed by atoms with van der Waals surface area (Å²) in [6.45, 7) is 8.07. The molecule has 6 nitrogen and oxygen atoms in total. The van der Waals surface area contributed by atoms with Crippen LogP contribution in [0.4, 0.5) is 0 Å². The molecule has 0 amide bonds. The van der Waals surface area contributed by atoms with Gasteiger partial charge in [-0.05, 0) is 106 Å². The molecule has 0 aliphatic carbocycles. The number of hydrogen-bond donors (Lipinski definition) is 0. The molecule has 9 aromatic rings. The summed E-state index contributed by atoms with van der Waals surface area (Å²) in [5.41, 5.74) is 12.3. The van der Waals surface area contributed by atoms with Crippen molar-refractivity contribution in [2.24, 2.45) is 6.98 Å². The molecule has 0 radical (unpaired) electrons. The molecular weight excluding hydrogens is 757 g/mol. The number of aromatic nitrogens is 4. The van der Waals surface area contributed by atoms with Gasteiger partial charge in [0.25, 0.3) is 0 Å². The predicted octanol–water partition coefficient (Wildman–Crippen LogP) is 10.7. The Morgan fingerprint density at radius 1 is 0.726 bits per heavy atom. The molecule has 7 heteroatoms. The number of rotatable bonds is 6. The molecule has 0 N–H and O–H groups in total. The van der Waals surface area contributed by atoms with E-state index in [-0.39, 0.29) is 5.41 Å². The van der Waals surface area contributed by atoms with Gasteiger partial charge in [-0.1, -0.05) is 138 Å². The number of ether oxygens (including phenoxy) is 1. The van der Waals surface area contributed by atoms with Gasteiger partial charge < -0.3 is 18.7 Å². The number of para-hydroxylation sites is 1. The molecular formula is C55H48BN5O. The van der Waals surface area contributed by atoms with E-state index >= 15 is 0 Å². The zero-order valence-electron chi connectivity index (χ0n) is 38.8. The number of benzene rings is 6. The number of hydrogen-bond acceptors (Lipinski definition) is 3. The van der Waals surface area contributed by atoms with Crippen molar-refractivity contribution in [2.75, 3.05) is 7.05 Å². The van der Waals surface area contributed by atoms with Crippen molar-refractivity contribution >= 4 is 45.3 Å². The Morgan fingerprint density at radius 3 is 2.10 bits per heavy atom. The van der Waals surface area contributed by atoms with Gasteiger partial charge in [0.15, 0.2) is 0 Å². The summed E-state index contributed by atoms with van der Waals surface area (Å²) in [4.78, 5) is 7.07. The van der Waals surface area contributed by atoms with Crippen molar-refractivity contribution in [1.82, 2.24) is 18.9 Å². The number of fused-ring (bicyclic) bond motifs is 5. The van der Waals surface area contributed by atoms with Crippen molar-refractivity contribution in [3.05, 3.63) is 187 Å². The van der Waals surface area contributed by atoms with Crippen LogP contribution in [0.3, 0.4) is 0 Å². The average molecular weight is 809 g/mol. The van der Waals surface area contributed by atoms with E-state index < -0.39 is 19.2 Å². The summed E-state index contributed by atoms with van der Waals surface area (Å²) in [5.74, 6) is 2.15. The Morgan fingerprint density at radius 2 is 1.39 bits per heavy atom. The van der Waals surface area contributed by atoms with E-state index in [0.717, 1.165) is 77.9 Å². The van der Waals surface area contributed by atoms with E-state index in [9.17, 15) is 0 Å². The first kappa shape index (κ1) is 34.6. The van der Waals surface area contributed by atoms with Crippen LogP contribution in [-0.2, 0) is 17.8 Å². The maximum Gasteiger partial charge on any atom is 0.307 e. The van der Waals surface area contributed by atoms with Gasteiger partial charge in [-0.25, -0.2) is 4.98 Å². The summed E-state index contributed by atoms with van der Waals surface area (Å²) in [5, 5.41) is 2.24. The van der Waals surface area contributed by atoms with E-state index in [0.29, 0.717) is 17.1 Å². The van der Waals surface area contributed by atoms with Crippen LogP contribution >= 0.6 is 0 Å². The smallest absolute Gasteiger partial charge is 0.307 e. The van der Waals surface area contributed by atoms with E-state index in [1.807, 2.05) is 65.4 Å². The quantitative estimate of drug-likeness (QED) is 0.0954. The van der Waals surface area contributed by atoms with Gasteiger partial charge in [0.1, 0.15) is 17.3 Å². The van der Waals surface area contributed by atoms with Gasteiger partial charge in [-0.15, -0.1) is 0 Å². The normalized spacial score (nSPS) is 15.1. The van der Waals surface area contributed by atoms with Crippen LogP contribution in [0.2, 0.25) is 0 Å². The molecule has 0 spiro atoms. The van der Waals surface area contributed by atoms with Gasteiger partial charge in [0.2, 0.25) is 6.33 Å². The van der Waals surface area contributed by atoms with Crippen LogP contribution in [-0.4, -0.2) is 32.8 Å². The van der Waals surface area contributed by atoms with E-state index in [2.05, 4.69) is 161 Å². The highest BCUT2D eigenvalue weighted by Crippen LogP contribution is 2.48. The number of nitrogens with zero attached hydrogens (tertiary/aromatic N) is 5. The Hall–Kier alpha value is -7.12. The Balaban J connectivity index is 1.08. The minimum atomic E-state index is -2.54. The molecule has 2 aliphatic heterocycles. The number of pyridine rings is 1. The lowest BCUT2D eigenvalue weighted by molar-refractivity contribution is -0.658. The molecule has 0 saturated heterocycles. The third-order valence-electron chi connectivity index (χ3n) is 13.0. The monoisotopic (exact) mass is 808 g/mol. The van der Waals surface area contributed by atoms with Crippen molar-refractivity contribution in [3.8, 4) is 45.3 Å². The zero-order valence-corrected chi connectivity index (χ0v) is 35.8. The van der Waals surface area contributed by atoms with Crippen molar-refractivity contribution in [3.63, 3.8) is 0 Å². The third kappa shape index (κ3) is 5.86. The second-order valence-electron chi connectivity index (χ2n) is 18.2. The van der Waals surface area contributed by atoms with E-state index in [1.165, 1.54) is 10.1 Å². The van der Waals surface area contributed by atoms with E-state index in [4.69, 9.17) is 13.8 Å². The largest absolute Gasteiger partial charge is 0.458 e. The Bertz CT molecular complexity index is 3320. The summed E-state index contributed by atoms with van der Waals surface area (Å²) in [6, 6.07) is 52.2. The Kier molecular flexibility index (Phi) is 7.79. The highest BCUT2D eigenvalue weighted by molar-refractivity contribution is 6.85. The van der Waals surface area contributed by atoms with Crippen LogP contribution in [0.15, 0.2) is 164 Å². The molecule has 62 heavy (non-hydrogen) atoms. The van der Waals surface area contributed by atoms with Gasteiger partial charge in [-0.3, -0.25) is 4.57 Å². The summed E-state index contributed by atoms with van der Waals surface area (Å²) in [6.07, 6.45) is 7.51. The van der Waals surface area contributed by atoms with Crippen LogP contribution in [0, 0.1) is 6.33 Å². The zero-order chi connectivity index (χ0) is 45.0. The maximum absolute atomic E-state index is 9.03. The second kappa shape index (κ2) is 14.0. The van der Waals surface area contributed by atoms with Crippen LogP contribution in [0.5, 0.6) is 11.5 Å². The van der Waals surface area contributed by atoms with Crippen LogP contribution in [0.25, 0.3) is 61.1 Å². The topological polar surface area (TPSA) is 39.1 Å². The first-order valence-electron chi connectivity index (χ1n) is 22.8. The minimum absolute atomic E-state index is 0.0456. The molecule has 302 valence electrons. The SMILES string of the molecule is [2H]C([2H])([2H])[n+]1[c-]n2c3c1B(c1c(-c4ccccc4)cccc1-c1ccccc1)N(C)C=C3C(C)(C)c1ccc(Oc3ccc4c5ccccc5n(-c5cc(C(C)(C)C)ccn5)c4c3)cc1-2. The summed E-state index contributed by atoms with van der Waals surface area (Å²) >= 11 is 0. The third-order valence-corrected chi connectivity index (χ3v) is 13.0. The lowest BCUT2D eigenvalue weighted by atomic mass is 9.46. The van der Waals surface area contributed by atoms with Crippen molar-refractivity contribution < 1.29 is 13.4 Å². The fourth-order valence-corrected chi connectivity index (χ4v) is 9.87. The molecule has 0 unspecified atom stereocenters. The first-order valence-corrected chi connectivity index (χ1v) is 21.3. The molecule has 6 aromatic carbocycles. The molecule has 0 saturated carbocycles. The lowest BCUT2D eigenvalue weighted by Gasteiger charge is -2.43. The van der Waals surface area contributed by atoms with Gasteiger partial charge in [-0.2, -0.15) is 0 Å². The highest BCUT2D eigenvalue weighted by atomic mass is 16.5. The standard InChI is InChI=1S/C55H48BN5O/c1-54(2,3)38-29-30-57-50(31-38)61-47-24-15-14-21-43(47)44-27-25-39(32-48(44)61)62-40-26-28-45-49(33-40)60-35-58(6)53-52(60)46(55(45,4)5)34-59(7)56(53)51-41(36-17-10-8-11-18-36)22-16-23-42(51)37-19-12-9-13-20-37/h8-34H,1-7H3/i6D3. The molecule has 3 aromatic heterocycles. The van der Waals surface area contributed by atoms with Crippen LogP contribution in [0.1, 0.15) is 55.6 Å². The number of allylic oxidation sites excluding steroid dienone is 1. The number of imidazole rings is 1. The second-order valence-corrected chi connectivity index (χ2v) is 18.2. The molecule has 0 fully saturated rings. The van der Waals surface area contributed by atoms with Gasteiger partial charge >= 0.3 is 6.85 Å². The maximum atomic E-state index is 9.03. The Labute approximate surface area is 368 Å². The van der Waals surface area contributed by atoms with Crippen LogP contribution < -0.4 is 20.4 Å². The predicted molar refractivity (Wildman–Crippen MR) is 254 cm³/mol. The van der Waals surface area contributed by atoms with Gasteiger partial charge in [0.05, 0.1) is 33.5 Å². The summed E-state index contributed by atoms with van der Waals surface area (Å²) in [7, 11) is 2.06. The lowest BCUT2D eigenvalue weighted by Crippen LogP contribution is -2.66. The van der Waals surface area contributed by atoms with Crippen molar-refractivity contribution in [2.45, 2.75) is 45.4 Å². The van der Waals surface area contributed by atoms with Crippen molar-refractivity contribution in [1.29, 1.82) is 0 Å². The van der Waals surface area contributed by atoms with Gasteiger partial charge in [0, 0.05) is 34.0 Å². The fraction of sp³-hybridized carbons (Fsp3) is 0.164. The fourth-order valence-electron chi connectivity index (χ4n) is 9.87. The molecule has 11 rings (SSSR count). The summed E-state index contributed by atoms with van der Waals surface area (Å²) < 4.78 is 39.5. The molecule has 0 atom stereocenters.